The number of hydrogen-bond donors (Lipinski definition) is 0. The number of carbonyl (C=O) groups excluding carboxylic acids is 1. The van der Waals surface area contributed by atoms with E-state index in [1.807, 2.05) is 54.6 Å². The summed E-state index contributed by atoms with van der Waals surface area (Å²) in [5.41, 5.74) is 3.00. The van der Waals surface area contributed by atoms with Gasteiger partial charge in [0.25, 0.3) is 5.56 Å². The Labute approximate surface area is 275 Å². The molecule has 1 aromatic heterocycles. The van der Waals surface area contributed by atoms with Gasteiger partial charge in [-0.25, -0.2) is 14.2 Å². The Balaban J connectivity index is 1.53. The summed E-state index contributed by atoms with van der Waals surface area (Å²) in [5, 5.41) is 0.477. The van der Waals surface area contributed by atoms with Crippen LogP contribution in [0.1, 0.15) is 35.2 Å². The number of halogens is 3. The van der Waals surface area contributed by atoms with Crippen LogP contribution in [-0.2, 0) is 16.1 Å². The smallest absolute Gasteiger partial charge is 0.338 e. The molecule has 0 unspecified atom stereocenters. The van der Waals surface area contributed by atoms with Gasteiger partial charge in [-0.2, -0.15) is 0 Å². The van der Waals surface area contributed by atoms with Crippen LogP contribution in [0, 0.1) is 5.82 Å². The molecule has 0 aliphatic carbocycles. The topological polar surface area (TPSA) is 69.9 Å². The molecule has 0 spiro atoms. The van der Waals surface area contributed by atoms with Crippen molar-refractivity contribution in [2.45, 2.75) is 19.6 Å². The first-order valence-electron chi connectivity index (χ1n) is 14.0. The fraction of sp³-hybridized carbons (Fsp3) is 0.114. The van der Waals surface area contributed by atoms with E-state index in [0.717, 1.165) is 10.0 Å². The Bertz CT molecular complexity index is 2090. The predicted octanol–water partition coefficient (Wildman–Crippen LogP) is 7.07. The van der Waals surface area contributed by atoms with Gasteiger partial charge in [0.1, 0.15) is 18.2 Å². The third-order valence-corrected chi connectivity index (χ3v) is 8.87. The average molecular weight is 704 g/mol. The van der Waals surface area contributed by atoms with Gasteiger partial charge in [0.05, 0.1) is 28.5 Å². The summed E-state index contributed by atoms with van der Waals surface area (Å²) in [6, 6.07) is 27.1. The monoisotopic (exact) mass is 702 g/mol. The molecule has 0 amide bonds. The van der Waals surface area contributed by atoms with Crippen LogP contribution in [-0.4, -0.2) is 17.1 Å². The summed E-state index contributed by atoms with van der Waals surface area (Å²) in [6.07, 6.45) is 1.71. The first-order chi connectivity index (χ1) is 21.8. The van der Waals surface area contributed by atoms with Crippen molar-refractivity contribution in [2.75, 3.05) is 6.61 Å². The molecule has 1 aliphatic rings. The van der Waals surface area contributed by atoms with E-state index in [0.29, 0.717) is 49.1 Å². The summed E-state index contributed by atoms with van der Waals surface area (Å²) in [4.78, 5) is 33.0. The highest BCUT2D eigenvalue weighted by atomic mass is 79.9. The van der Waals surface area contributed by atoms with E-state index in [4.69, 9.17) is 26.1 Å². The number of esters is 1. The van der Waals surface area contributed by atoms with Gasteiger partial charge in [-0.1, -0.05) is 93.5 Å². The molecular weight excluding hydrogens is 679 g/mol. The molecule has 2 heterocycles. The number of aromatic nitrogens is 1. The zero-order chi connectivity index (χ0) is 31.5. The van der Waals surface area contributed by atoms with Gasteiger partial charge in [0.2, 0.25) is 0 Å². The SMILES string of the molecule is CCOC(=O)C1=C(c2ccccc2)N=c2s/c(=C\c3cc(Cl)ccc3OCc3ccc(Br)cc3)c(=O)n2[C@H]1c1ccc(F)cc1. The summed E-state index contributed by atoms with van der Waals surface area (Å²) in [7, 11) is 0. The number of fused-ring (bicyclic) bond motifs is 1. The lowest BCUT2D eigenvalue weighted by atomic mass is 9.93. The third kappa shape index (κ3) is 6.56. The lowest BCUT2D eigenvalue weighted by molar-refractivity contribution is -0.138. The highest BCUT2D eigenvalue weighted by molar-refractivity contribution is 9.10. The number of thiazole rings is 1. The quantitative estimate of drug-likeness (QED) is 0.162. The molecule has 1 atom stereocenters. The standard InChI is InChI=1S/C35H25BrClFN2O4S/c1-2-43-34(42)30-31(22-6-4-3-5-7-22)39-35-40(32(30)23-10-15-27(38)16-11-23)33(41)29(45-35)19-24-18-26(37)14-17-28(24)44-20-21-8-12-25(36)13-9-21/h3-19,32H,2,20H2,1H3/b29-19-/t32-/m0/s1. The Hall–Kier alpha value is -4.31. The van der Waals surface area contributed by atoms with Crippen LogP contribution in [0.15, 0.2) is 117 Å². The minimum atomic E-state index is -0.911. The molecule has 0 N–H and O–H groups in total. The maximum Gasteiger partial charge on any atom is 0.338 e. The van der Waals surface area contributed by atoms with E-state index in [2.05, 4.69) is 15.9 Å². The molecular formula is C35H25BrClFN2O4S. The zero-order valence-electron chi connectivity index (χ0n) is 23.9. The van der Waals surface area contributed by atoms with Crippen LogP contribution in [0.4, 0.5) is 4.39 Å². The lowest BCUT2D eigenvalue weighted by Crippen LogP contribution is -2.40. The fourth-order valence-corrected chi connectivity index (χ4v) is 6.48. The molecule has 6 nitrogen and oxygen atoms in total. The van der Waals surface area contributed by atoms with Gasteiger partial charge in [-0.05, 0) is 66.6 Å². The third-order valence-electron chi connectivity index (χ3n) is 7.13. The first-order valence-corrected chi connectivity index (χ1v) is 16.0. The molecule has 10 heteroatoms. The normalized spacial score (nSPS) is 14.6. The highest BCUT2D eigenvalue weighted by Gasteiger charge is 2.35. The van der Waals surface area contributed by atoms with Crippen molar-refractivity contribution in [1.29, 1.82) is 0 Å². The molecule has 0 saturated carbocycles. The Kier molecular flexibility index (Phi) is 9.11. The molecule has 4 aromatic carbocycles. The van der Waals surface area contributed by atoms with Crippen LogP contribution in [0.2, 0.25) is 5.02 Å². The number of rotatable bonds is 8. The van der Waals surface area contributed by atoms with Crippen LogP contribution in [0.5, 0.6) is 5.75 Å². The number of hydrogen-bond acceptors (Lipinski definition) is 6. The summed E-state index contributed by atoms with van der Waals surface area (Å²) in [5.74, 6) is -0.504. The number of ether oxygens (including phenoxy) is 2. The van der Waals surface area contributed by atoms with Crippen molar-refractivity contribution in [1.82, 2.24) is 4.57 Å². The summed E-state index contributed by atoms with van der Waals surface area (Å²) < 4.78 is 28.5. The maximum atomic E-state index is 14.2. The van der Waals surface area contributed by atoms with Crippen molar-refractivity contribution in [3.05, 3.63) is 160 Å². The van der Waals surface area contributed by atoms with E-state index in [1.54, 1.807) is 43.3 Å². The van der Waals surface area contributed by atoms with Gasteiger partial charge in [-0.15, -0.1) is 0 Å². The summed E-state index contributed by atoms with van der Waals surface area (Å²) in [6.45, 7) is 2.15. The minimum Gasteiger partial charge on any atom is -0.488 e. The van der Waals surface area contributed by atoms with Crippen molar-refractivity contribution < 1.29 is 18.7 Å². The molecule has 226 valence electrons. The van der Waals surface area contributed by atoms with Gasteiger partial charge >= 0.3 is 5.97 Å². The fourth-order valence-electron chi connectivity index (χ4n) is 5.05. The second-order valence-corrected chi connectivity index (χ2v) is 12.4. The largest absolute Gasteiger partial charge is 0.488 e. The van der Waals surface area contributed by atoms with Crippen LogP contribution in [0.25, 0.3) is 11.8 Å². The van der Waals surface area contributed by atoms with E-state index in [-0.39, 0.29) is 17.7 Å². The molecule has 1 aliphatic heterocycles. The second-order valence-electron chi connectivity index (χ2n) is 10.1. The Morgan fingerprint density at radius 3 is 2.49 bits per heavy atom. The lowest BCUT2D eigenvalue weighted by Gasteiger charge is -2.25. The van der Waals surface area contributed by atoms with Crippen LogP contribution >= 0.6 is 38.9 Å². The van der Waals surface area contributed by atoms with E-state index >= 15 is 0 Å². The van der Waals surface area contributed by atoms with Crippen molar-refractivity contribution in [2.24, 2.45) is 4.99 Å². The molecule has 0 radical (unpaired) electrons. The number of benzene rings is 4. The van der Waals surface area contributed by atoms with Gasteiger partial charge in [0, 0.05) is 20.6 Å². The number of nitrogens with zero attached hydrogens (tertiary/aromatic N) is 2. The summed E-state index contributed by atoms with van der Waals surface area (Å²) >= 11 is 11.0. The molecule has 0 bridgehead atoms. The molecule has 6 rings (SSSR count). The number of carbonyl (C=O) groups is 1. The van der Waals surface area contributed by atoms with E-state index < -0.39 is 17.8 Å². The van der Waals surface area contributed by atoms with Crippen LogP contribution < -0.4 is 19.6 Å². The molecule has 0 fully saturated rings. The van der Waals surface area contributed by atoms with Crippen molar-refractivity contribution in [3.63, 3.8) is 0 Å². The average Bonchev–Trinajstić information content (AvgIpc) is 3.35. The molecule has 45 heavy (non-hydrogen) atoms. The maximum absolute atomic E-state index is 14.2. The van der Waals surface area contributed by atoms with E-state index in [1.165, 1.54) is 28.0 Å². The molecule has 0 saturated heterocycles. The highest BCUT2D eigenvalue weighted by Crippen LogP contribution is 2.35. The second kappa shape index (κ2) is 13.4. The van der Waals surface area contributed by atoms with Crippen molar-refractivity contribution >= 4 is 56.6 Å². The zero-order valence-corrected chi connectivity index (χ0v) is 27.0. The first kappa shape index (κ1) is 30.7. The van der Waals surface area contributed by atoms with Gasteiger partial charge < -0.3 is 9.47 Å². The Morgan fingerprint density at radius 1 is 1.04 bits per heavy atom. The minimum absolute atomic E-state index is 0.128. The van der Waals surface area contributed by atoms with Crippen molar-refractivity contribution in [3.8, 4) is 5.75 Å². The predicted molar refractivity (Wildman–Crippen MR) is 177 cm³/mol. The van der Waals surface area contributed by atoms with E-state index in [9.17, 15) is 14.0 Å². The van der Waals surface area contributed by atoms with Crippen LogP contribution in [0.3, 0.4) is 0 Å². The van der Waals surface area contributed by atoms with Gasteiger partial charge in [-0.3, -0.25) is 9.36 Å². The Morgan fingerprint density at radius 2 is 1.78 bits per heavy atom. The molecule has 5 aromatic rings. The van der Waals surface area contributed by atoms with Gasteiger partial charge in [0.15, 0.2) is 4.80 Å².